The van der Waals surface area contributed by atoms with Crippen LogP contribution in [0.1, 0.15) is 29.7 Å². The molecule has 2 aromatic carbocycles. The van der Waals surface area contributed by atoms with E-state index in [4.69, 9.17) is 0 Å². The maximum absolute atomic E-state index is 9.75. The summed E-state index contributed by atoms with van der Waals surface area (Å²) in [7, 11) is 0. The van der Waals surface area contributed by atoms with Crippen molar-refractivity contribution >= 4 is 5.95 Å². The van der Waals surface area contributed by atoms with E-state index in [1.165, 1.54) is 11.1 Å². The molecular weight excluding hydrogens is 310 g/mol. The zero-order valence-corrected chi connectivity index (χ0v) is 14.6. The number of hydrogen-bond donors (Lipinski definition) is 2. The molecule has 0 spiro atoms. The summed E-state index contributed by atoms with van der Waals surface area (Å²) < 4.78 is 0. The number of nitrogens with one attached hydrogen (secondary N) is 1. The Balaban J connectivity index is 1.67. The van der Waals surface area contributed by atoms with Gasteiger partial charge in [0.05, 0.1) is 11.8 Å². The second-order valence-corrected chi connectivity index (χ2v) is 6.23. The Hall–Kier alpha value is -2.72. The molecule has 0 saturated heterocycles. The largest absolute Gasteiger partial charge is 0.389 e. The highest BCUT2D eigenvalue weighted by molar-refractivity contribution is 5.61. The van der Waals surface area contributed by atoms with Crippen LogP contribution in [-0.2, 0) is 6.42 Å². The molecule has 4 nitrogen and oxygen atoms in total. The highest BCUT2D eigenvalue weighted by Crippen LogP contribution is 2.22. The Bertz CT molecular complexity index is 829. The van der Waals surface area contributed by atoms with Crippen LogP contribution in [0.15, 0.2) is 60.8 Å². The molecule has 25 heavy (non-hydrogen) atoms. The van der Waals surface area contributed by atoms with E-state index in [2.05, 4.69) is 46.5 Å². The second kappa shape index (κ2) is 7.90. The van der Waals surface area contributed by atoms with Crippen molar-refractivity contribution in [3.63, 3.8) is 0 Å². The summed E-state index contributed by atoms with van der Waals surface area (Å²) in [6, 6.07) is 18.2. The molecule has 0 fully saturated rings. The molecule has 1 unspecified atom stereocenters. The summed E-state index contributed by atoms with van der Waals surface area (Å²) in [6.07, 6.45) is 2.19. The lowest BCUT2D eigenvalue weighted by Crippen LogP contribution is -2.08. The highest BCUT2D eigenvalue weighted by atomic mass is 16.3. The van der Waals surface area contributed by atoms with Crippen molar-refractivity contribution in [2.45, 2.75) is 26.4 Å². The Morgan fingerprint density at radius 1 is 1.08 bits per heavy atom. The number of aryl methyl sites for hydroxylation is 1. The van der Waals surface area contributed by atoms with Crippen LogP contribution in [0.2, 0.25) is 0 Å². The standard InChI is InChI=1S/C21H23N3O/c1-15-6-8-17(9-7-15)10-12-22-21-23-13-11-20(24-21)19-5-3-4-18(14-19)16(2)25/h3-9,11,13-14,16,25H,10,12H2,1-2H3,(H,22,23,24). The lowest BCUT2D eigenvalue weighted by atomic mass is 10.1. The fourth-order valence-electron chi connectivity index (χ4n) is 2.64. The zero-order chi connectivity index (χ0) is 17.6. The molecule has 0 aliphatic carbocycles. The SMILES string of the molecule is Cc1ccc(CCNc2nccc(-c3cccc(C(C)O)c3)n2)cc1. The van der Waals surface area contributed by atoms with Crippen molar-refractivity contribution in [1.82, 2.24) is 9.97 Å². The van der Waals surface area contributed by atoms with Crippen LogP contribution < -0.4 is 5.32 Å². The van der Waals surface area contributed by atoms with Gasteiger partial charge < -0.3 is 10.4 Å². The zero-order valence-electron chi connectivity index (χ0n) is 14.6. The van der Waals surface area contributed by atoms with Gasteiger partial charge in [-0.15, -0.1) is 0 Å². The third-order valence-corrected chi connectivity index (χ3v) is 4.14. The Morgan fingerprint density at radius 3 is 2.64 bits per heavy atom. The van der Waals surface area contributed by atoms with Crippen molar-refractivity contribution in [1.29, 1.82) is 0 Å². The third kappa shape index (κ3) is 4.64. The molecule has 3 rings (SSSR count). The molecule has 3 aromatic rings. The molecular formula is C21H23N3O. The average Bonchev–Trinajstić information content (AvgIpc) is 2.64. The fraction of sp³-hybridized carbons (Fsp3) is 0.238. The van der Waals surface area contributed by atoms with Crippen molar-refractivity contribution in [2.75, 3.05) is 11.9 Å². The number of aliphatic hydroxyl groups is 1. The van der Waals surface area contributed by atoms with E-state index < -0.39 is 6.10 Å². The van der Waals surface area contributed by atoms with Gasteiger partial charge in [-0.1, -0.05) is 48.0 Å². The van der Waals surface area contributed by atoms with Crippen LogP contribution in [0.4, 0.5) is 5.95 Å². The smallest absolute Gasteiger partial charge is 0.223 e. The molecule has 128 valence electrons. The molecule has 0 bridgehead atoms. The number of hydrogen-bond acceptors (Lipinski definition) is 4. The number of nitrogens with zero attached hydrogens (tertiary/aromatic N) is 2. The van der Waals surface area contributed by atoms with Crippen LogP contribution in [0.25, 0.3) is 11.3 Å². The predicted octanol–water partition coefficient (Wildman–Crippen LogP) is 4.16. The summed E-state index contributed by atoms with van der Waals surface area (Å²) in [6.45, 7) is 4.63. The normalized spacial score (nSPS) is 12.0. The third-order valence-electron chi connectivity index (χ3n) is 4.14. The van der Waals surface area contributed by atoms with Gasteiger partial charge in [0.15, 0.2) is 0 Å². The Kier molecular flexibility index (Phi) is 5.41. The second-order valence-electron chi connectivity index (χ2n) is 6.23. The minimum Gasteiger partial charge on any atom is -0.389 e. The Labute approximate surface area is 148 Å². The van der Waals surface area contributed by atoms with Gasteiger partial charge in [-0.05, 0) is 43.5 Å². The van der Waals surface area contributed by atoms with E-state index in [-0.39, 0.29) is 0 Å². The van der Waals surface area contributed by atoms with Crippen LogP contribution in [0.5, 0.6) is 0 Å². The monoisotopic (exact) mass is 333 g/mol. The van der Waals surface area contributed by atoms with E-state index in [0.29, 0.717) is 5.95 Å². The molecule has 0 aliphatic heterocycles. The number of aromatic nitrogens is 2. The van der Waals surface area contributed by atoms with Gasteiger partial charge in [0.1, 0.15) is 0 Å². The quantitative estimate of drug-likeness (QED) is 0.711. The molecule has 0 saturated carbocycles. The van der Waals surface area contributed by atoms with Gasteiger partial charge >= 0.3 is 0 Å². The maximum atomic E-state index is 9.75. The van der Waals surface area contributed by atoms with E-state index in [1.54, 1.807) is 13.1 Å². The molecule has 0 aliphatic rings. The summed E-state index contributed by atoms with van der Waals surface area (Å²) in [5, 5.41) is 13.0. The fourth-order valence-corrected chi connectivity index (χ4v) is 2.64. The molecule has 1 atom stereocenters. The molecule has 4 heteroatoms. The van der Waals surface area contributed by atoms with Crippen molar-refractivity contribution < 1.29 is 5.11 Å². The summed E-state index contributed by atoms with van der Waals surface area (Å²) in [4.78, 5) is 8.88. The summed E-state index contributed by atoms with van der Waals surface area (Å²) in [5.74, 6) is 0.618. The molecule has 1 aromatic heterocycles. The molecule has 1 heterocycles. The average molecular weight is 333 g/mol. The van der Waals surface area contributed by atoms with Crippen molar-refractivity contribution in [2.24, 2.45) is 0 Å². The summed E-state index contributed by atoms with van der Waals surface area (Å²) in [5.41, 5.74) is 5.26. The van der Waals surface area contributed by atoms with E-state index in [1.807, 2.05) is 30.3 Å². The molecule has 2 N–H and O–H groups in total. The van der Waals surface area contributed by atoms with Crippen LogP contribution in [0, 0.1) is 6.92 Å². The van der Waals surface area contributed by atoms with Crippen LogP contribution in [0.3, 0.4) is 0 Å². The number of rotatable bonds is 6. The lowest BCUT2D eigenvalue weighted by molar-refractivity contribution is 0.199. The van der Waals surface area contributed by atoms with Gasteiger partial charge in [-0.25, -0.2) is 9.97 Å². The highest BCUT2D eigenvalue weighted by Gasteiger charge is 2.06. The first-order chi connectivity index (χ1) is 12.1. The van der Waals surface area contributed by atoms with Gasteiger partial charge in [0.25, 0.3) is 0 Å². The van der Waals surface area contributed by atoms with Crippen molar-refractivity contribution in [3.05, 3.63) is 77.5 Å². The first-order valence-electron chi connectivity index (χ1n) is 8.53. The van der Waals surface area contributed by atoms with Gasteiger partial charge in [0.2, 0.25) is 5.95 Å². The van der Waals surface area contributed by atoms with E-state index in [0.717, 1.165) is 29.8 Å². The van der Waals surface area contributed by atoms with Crippen LogP contribution in [-0.4, -0.2) is 21.6 Å². The lowest BCUT2D eigenvalue weighted by Gasteiger charge is -2.09. The van der Waals surface area contributed by atoms with E-state index >= 15 is 0 Å². The first-order valence-corrected chi connectivity index (χ1v) is 8.53. The predicted molar refractivity (Wildman–Crippen MR) is 101 cm³/mol. The number of benzene rings is 2. The topological polar surface area (TPSA) is 58.0 Å². The minimum absolute atomic E-state index is 0.492. The van der Waals surface area contributed by atoms with Gasteiger partial charge in [0, 0.05) is 18.3 Å². The molecule has 0 radical (unpaired) electrons. The maximum Gasteiger partial charge on any atom is 0.223 e. The summed E-state index contributed by atoms with van der Waals surface area (Å²) >= 11 is 0. The number of anilines is 1. The first kappa shape index (κ1) is 17.1. The minimum atomic E-state index is -0.492. The van der Waals surface area contributed by atoms with Crippen LogP contribution >= 0.6 is 0 Å². The van der Waals surface area contributed by atoms with E-state index in [9.17, 15) is 5.11 Å². The Morgan fingerprint density at radius 2 is 1.88 bits per heavy atom. The van der Waals surface area contributed by atoms with Gasteiger partial charge in [-0.2, -0.15) is 0 Å². The number of aliphatic hydroxyl groups excluding tert-OH is 1. The molecule has 0 amide bonds. The van der Waals surface area contributed by atoms with Gasteiger partial charge in [-0.3, -0.25) is 0 Å². The van der Waals surface area contributed by atoms with Crippen molar-refractivity contribution in [3.8, 4) is 11.3 Å².